The Kier molecular flexibility index (Phi) is 4.87. The van der Waals surface area contributed by atoms with Crippen LogP contribution in [0.15, 0.2) is 65.4 Å². The lowest BCUT2D eigenvalue weighted by atomic mass is 9.97. The summed E-state index contributed by atoms with van der Waals surface area (Å²) < 4.78 is 5.53. The fourth-order valence-electron chi connectivity index (χ4n) is 3.86. The van der Waals surface area contributed by atoms with Crippen LogP contribution in [-0.4, -0.2) is 17.7 Å². The Hall–Kier alpha value is -2.61. The van der Waals surface area contributed by atoms with E-state index in [9.17, 15) is 4.79 Å². The number of nitrogens with zero attached hydrogens (tertiary/aromatic N) is 2. The van der Waals surface area contributed by atoms with Gasteiger partial charge in [0.2, 0.25) is 5.70 Å². The van der Waals surface area contributed by atoms with Crippen LogP contribution in [0.5, 0.6) is 5.75 Å². The summed E-state index contributed by atoms with van der Waals surface area (Å²) >= 11 is 1.75. The average Bonchev–Trinajstić information content (AvgIpc) is 3.15. The molecule has 1 saturated heterocycles. The van der Waals surface area contributed by atoms with Crippen molar-refractivity contribution in [1.82, 2.24) is 10.4 Å². The van der Waals surface area contributed by atoms with E-state index in [-0.39, 0.29) is 23.8 Å². The maximum Gasteiger partial charge on any atom is 0.341 e. The molecular formula is C22H22N4O2S+. The highest BCUT2D eigenvalue weighted by Crippen LogP contribution is 2.47. The highest BCUT2D eigenvalue weighted by atomic mass is 32.2. The first-order valence-electron chi connectivity index (χ1n) is 9.84. The Morgan fingerprint density at radius 3 is 2.90 bits per heavy atom. The van der Waals surface area contributed by atoms with Gasteiger partial charge in [-0.25, -0.2) is 0 Å². The van der Waals surface area contributed by atoms with Gasteiger partial charge >= 0.3 is 5.17 Å². The molecule has 1 fully saturated rings. The first kappa shape index (κ1) is 18.4. The van der Waals surface area contributed by atoms with Crippen molar-refractivity contribution in [3.63, 3.8) is 0 Å². The normalized spacial score (nSPS) is 23.4. The predicted octanol–water partition coefficient (Wildman–Crippen LogP) is 4.20. The third-order valence-corrected chi connectivity index (χ3v) is 6.53. The van der Waals surface area contributed by atoms with E-state index >= 15 is 0 Å². The number of nitrogens with one attached hydrogen (secondary N) is 2. The minimum absolute atomic E-state index is 0.0658. The summed E-state index contributed by atoms with van der Waals surface area (Å²) in [6, 6.07) is 16.6. The number of amides is 1. The van der Waals surface area contributed by atoms with Gasteiger partial charge in [-0.3, -0.25) is 4.79 Å². The number of aliphatic imine (C=N–C) groups is 1. The molecule has 5 rings (SSSR count). The Labute approximate surface area is 174 Å². The smallest absolute Gasteiger partial charge is 0.341 e. The second kappa shape index (κ2) is 7.67. The van der Waals surface area contributed by atoms with Crippen LogP contribution in [0, 0.1) is 0 Å². The number of benzene rings is 2. The molecule has 6 nitrogen and oxygen atoms in total. The number of thioether (sulfide) groups is 1. The van der Waals surface area contributed by atoms with Gasteiger partial charge in [-0.2, -0.15) is 4.99 Å². The molecule has 0 aliphatic carbocycles. The third-order valence-electron chi connectivity index (χ3n) is 5.24. The number of hydrazine groups is 1. The van der Waals surface area contributed by atoms with Gasteiger partial charge in [-0.15, -0.1) is 0 Å². The molecule has 1 amide bonds. The Morgan fingerprint density at radius 1 is 1.21 bits per heavy atom. The number of anilines is 1. The van der Waals surface area contributed by atoms with E-state index in [1.54, 1.807) is 11.8 Å². The molecule has 1 radical (unpaired) electrons. The van der Waals surface area contributed by atoms with Crippen LogP contribution >= 0.6 is 11.8 Å². The fraction of sp³-hybridized carbons (Fsp3) is 0.273. The SMILES string of the molecule is CCCC1=CN=C2SC(c3ccc4c(c3)NC(=O)CO4)C(c3ccccc3)N[N+]12. The van der Waals surface area contributed by atoms with Crippen molar-refractivity contribution in [3.8, 4) is 5.75 Å². The van der Waals surface area contributed by atoms with Gasteiger partial charge in [0.1, 0.15) is 11.8 Å². The monoisotopic (exact) mass is 406 g/mol. The molecule has 3 aliphatic rings. The molecule has 147 valence electrons. The van der Waals surface area contributed by atoms with Gasteiger partial charge in [-0.1, -0.05) is 48.7 Å². The largest absolute Gasteiger partial charge is 0.482 e. The number of allylic oxidation sites excluding steroid dienone is 1. The van der Waals surface area contributed by atoms with Gasteiger partial charge < -0.3 is 10.1 Å². The highest BCUT2D eigenvalue weighted by molar-refractivity contribution is 8.14. The molecule has 0 spiro atoms. The maximum absolute atomic E-state index is 11.8. The van der Waals surface area contributed by atoms with Crippen LogP contribution in [0.2, 0.25) is 0 Å². The van der Waals surface area contributed by atoms with E-state index in [1.807, 2.05) is 24.4 Å². The minimum Gasteiger partial charge on any atom is -0.482 e. The highest BCUT2D eigenvalue weighted by Gasteiger charge is 2.47. The third kappa shape index (κ3) is 3.46. The van der Waals surface area contributed by atoms with Crippen LogP contribution in [-0.2, 0) is 4.79 Å². The zero-order chi connectivity index (χ0) is 19.8. The quantitative estimate of drug-likeness (QED) is 0.747. The summed E-state index contributed by atoms with van der Waals surface area (Å²) in [5, 5.41) is 6.11. The average molecular weight is 407 g/mol. The lowest BCUT2D eigenvalue weighted by Gasteiger charge is -2.32. The Morgan fingerprint density at radius 2 is 2.07 bits per heavy atom. The van der Waals surface area contributed by atoms with Crippen molar-refractivity contribution in [2.75, 3.05) is 11.9 Å². The molecule has 2 unspecified atom stereocenters. The Balaban J connectivity index is 1.51. The molecule has 3 aliphatic heterocycles. The van der Waals surface area contributed by atoms with E-state index < -0.39 is 0 Å². The Bertz CT molecular complexity index is 1010. The number of fused-ring (bicyclic) bond motifs is 2. The molecule has 2 N–H and O–H groups in total. The van der Waals surface area contributed by atoms with Gasteiger partial charge in [0.25, 0.3) is 5.91 Å². The summed E-state index contributed by atoms with van der Waals surface area (Å²) in [6.07, 6.45) is 4.01. The molecular weight excluding hydrogens is 384 g/mol. The van der Waals surface area contributed by atoms with Crippen molar-refractivity contribution >= 4 is 28.5 Å². The van der Waals surface area contributed by atoms with E-state index in [0.717, 1.165) is 29.3 Å². The summed E-state index contributed by atoms with van der Waals surface area (Å²) in [5.41, 5.74) is 7.95. The summed E-state index contributed by atoms with van der Waals surface area (Å²) in [4.78, 5) is 16.4. The number of ether oxygens (including phenoxy) is 1. The van der Waals surface area contributed by atoms with Crippen LogP contribution in [0.3, 0.4) is 0 Å². The second-order valence-corrected chi connectivity index (χ2v) is 8.37. The molecule has 3 heterocycles. The van der Waals surface area contributed by atoms with Gasteiger partial charge in [0.15, 0.2) is 6.61 Å². The predicted molar refractivity (Wildman–Crippen MR) is 116 cm³/mol. The molecule has 0 aromatic heterocycles. The zero-order valence-corrected chi connectivity index (χ0v) is 16.9. The lowest BCUT2D eigenvalue weighted by molar-refractivity contribution is -0.118. The number of hydrogen-bond donors (Lipinski definition) is 2. The van der Waals surface area contributed by atoms with Crippen molar-refractivity contribution in [2.24, 2.45) is 4.99 Å². The van der Waals surface area contributed by atoms with Crippen LogP contribution in [0.4, 0.5) is 5.69 Å². The van der Waals surface area contributed by atoms with E-state index in [1.165, 1.54) is 11.3 Å². The van der Waals surface area contributed by atoms with Gasteiger partial charge in [0, 0.05) is 11.4 Å². The van der Waals surface area contributed by atoms with Crippen molar-refractivity contribution in [3.05, 3.63) is 71.6 Å². The lowest BCUT2D eigenvalue weighted by Crippen LogP contribution is -2.51. The van der Waals surface area contributed by atoms with E-state index in [0.29, 0.717) is 5.75 Å². The van der Waals surface area contributed by atoms with Crippen LogP contribution in [0.25, 0.3) is 0 Å². The zero-order valence-electron chi connectivity index (χ0n) is 16.1. The standard InChI is InChI=1S/C22H22N4O2S/c1-2-6-16-12-23-22-26(16)25-20(14-7-4-3-5-8-14)21(29-22)15-9-10-18-17(11-15)24-19(27)13-28-18/h3-5,7-12,20-21,25H,2,6,13H2,1H3,(H,24,27)/q+1. The summed E-state index contributed by atoms with van der Waals surface area (Å²) in [7, 11) is 0. The number of rotatable bonds is 4. The minimum atomic E-state index is -0.122. The number of amidine groups is 1. The topological polar surface area (TPSA) is 68.6 Å². The molecule has 2 aromatic rings. The summed E-state index contributed by atoms with van der Waals surface area (Å²) in [6.45, 7) is 2.24. The van der Waals surface area contributed by atoms with E-state index in [4.69, 9.17) is 4.74 Å². The fourth-order valence-corrected chi connectivity index (χ4v) is 5.11. The van der Waals surface area contributed by atoms with Crippen LogP contribution < -0.4 is 20.5 Å². The molecule has 2 atom stereocenters. The first-order chi connectivity index (χ1) is 14.2. The van der Waals surface area contributed by atoms with Crippen molar-refractivity contribution in [2.45, 2.75) is 31.1 Å². The van der Waals surface area contributed by atoms with Gasteiger partial charge in [-0.05, 0) is 41.4 Å². The van der Waals surface area contributed by atoms with E-state index in [2.05, 4.69) is 58.0 Å². The number of hydrogen-bond acceptors (Lipinski definition) is 6. The molecule has 0 saturated carbocycles. The van der Waals surface area contributed by atoms with Crippen molar-refractivity contribution < 1.29 is 9.53 Å². The van der Waals surface area contributed by atoms with Crippen molar-refractivity contribution in [1.29, 1.82) is 0 Å². The molecule has 2 aromatic carbocycles. The second-order valence-electron chi connectivity index (χ2n) is 7.27. The molecule has 0 bridgehead atoms. The number of carbonyl (C=O) groups is 1. The summed E-state index contributed by atoms with van der Waals surface area (Å²) in [5.74, 6) is 0.591. The molecule has 29 heavy (non-hydrogen) atoms. The van der Waals surface area contributed by atoms with Gasteiger partial charge in [0.05, 0.1) is 17.1 Å². The maximum atomic E-state index is 11.8. The first-order valence-corrected chi connectivity index (χ1v) is 10.7. The molecule has 7 heteroatoms. The number of carbonyl (C=O) groups excluding carboxylic acids is 1. The van der Waals surface area contributed by atoms with Crippen LogP contribution in [0.1, 0.15) is 42.2 Å².